The molecule has 3 rings (SSSR count). The summed E-state index contributed by atoms with van der Waals surface area (Å²) in [6.07, 6.45) is 0.680. The third-order valence-corrected chi connectivity index (χ3v) is 5.51. The number of halogens is 2. The van der Waals surface area contributed by atoms with Crippen molar-refractivity contribution in [2.24, 2.45) is 5.73 Å². The first-order chi connectivity index (χ1) is 16.3. The predicted octanol–water partition coefficient (Wildman–Crippen LogP) is 0.382. The van der Waals surface area contributed by atoms with E-state index in [1.807, 2.05) is 34.3 Å². The van der Waals surface area contributed by atoms with Gasteiger partial charge in [-0.05, 0) is 32.0 Å². The number of hydrogen-bond acceptors (Lipinski definition) is 8. The SMILES string of the molecule is CCn1c(CNC(=O)c2nc(Cl)c(N)nc2N)[n+](CC(=O)NCCCN)c2ccc(OC)cc21.Cl. The second-order valence-electron chi connectivity index (χ2n) is 7.41. The summed E-state index contributed by atoms with van der Waals surface area (Å²) in [4.78, 5) is 33.2. The molecule has 0 aliphatic carbocycles. The van der Waals surface area contributed by atoms with Crippen LogP contribution in [0.15, 0.2) is 18.2 Å². The quantitative estimate of drug-likeness (QED) is 0.185. The van der Waals surface area contributed by atoms with Crippen molar-refractivity contribution in [2.45, 2.75) is 33.0 Å². The van der Waals surface area contributed by atoms with E-state index in [-0.39, 0.29) is 53.9 Å². The van der Waals surface area contributed by atoms with Gasteiger partial charge in [-0.25, -0.2) is 19.1 Å². The number of nitrogens with two attached hydrogens (primary N) is 3. The molecule has 0 bridgehead atoms. The Kier molecular flexibility index (Phi) is 9.87. The Morgan fingerprint density at radius 2 is 1.94 bits per heavy atom. The second kappa shape index (κ2) is 12.4. The van der Waals surface area contributed by atoms with Crippen molar-refractivity contribution < 1.29 is 18.9 Å². The van der Waals surface area contributed by atoms with Crippen LogP contribution in [0.25, 0.3) is 11.0 Å². The van der Waals surface area contributed by atoms with Gasteiger partial charge in [0, 0.05) is 12.6 Å². The highest BCUT2D eigenvalue weighted by atomic mass is 35.5. The van der Waals surface area contributed by atoms with E-state index in [0.717, 1.165) is 11.0 Å². The van der Waals surface area contributed by atoms with Crippen LogP contribution < -0.4 is 37.1 Å². The molecule has 35 heavy (non-hydrogen) atoms. The molecule has 2 amide bonds. The highest BCUT2D eigenvalue weighted by molar-refractivity contribution is 6.31. The lowest BCUT2D eigenvalue weighted by Gasteiger charge is -2.09. The number of benzene rings is 1. The fourth-order valence-corrected chi connectivity index (χ4v) is 3.73. The first-order valence-corrected chi connectivity index (χ1v) is 11.1. The number of amides is 2. The third kappa shape index (κ3) is 6.21. The number of nitrogen functional groups attached to an aromatic ring is 2. The number of fused-ring (bicyclic) bond motifs is 1. The summed E-state index contributed by atoms with van der Waals surface area (Å²) < 4.78 is 9.22. The summed E-state index contributed by atoms with van der Waals surface area (Å²) in [7, 11) is 1.59. The monoisotopic (exact) mass is 526 g/mol. The molecule has 0 spiro atoms. The van der Waals surface area contributed by atoms with E-state index >= 15 is 0 Å². The van der Waals surface area contributed by atoms with Gasteiger partial charge in [0.1, 0.15) is 12.3 Å². The lowest BCUT2D eigenvalue weighted by molar-refractivity contribution is -0.667. The largest absolute Gasteiger partial charge is 0.497 e. The van der Waals surface area contributed by atoms with Crippen LogP contribution >= 0.6 is 24.0 Å². The molecule has 2 heterocycles. The summed E-state index contributed by atoms with van der Waals surface area (Å²) in [6.45, 7) is 3.67. The first kappa shape index (κ1) is 27.9. The summed E-state index contributed by atoms with van der Waals surface area (Å²) in [6, 6.07) is 5.58. The summed E-state index contributed by atoms with van der Waals surface area (Å²) >= 11 is 5.90. The number of methoxy groups -OCH3 is 1. The number of ether oxygens (including phenoxy) is 1. The number of anilines is 2. The number of carbonyl (C=O) groups excluding carboxylic acids is 2. The van der Waals surface area contributed by atoms with Crippen LogP contribution in [-0.2, 0) is 24.4 Å². The lowest BCUT2D eigenvalue weighted by atomic mass is 10.3. The van der Waals surface area contributed by atoms with Gasteiger partial charge in [-0.3, -0.25) is 9.59 Å². The molecule has 1 aromatic carbocycles. The normalized spacial score (nSPS) is 10.6. The summed E-state index contributed by atoms with van der Waals surface area (Å²) in [5.74, 6) is 0.436. The van der Waals surface area contributed by atoms with Gasteiger partial charge >= 0.3 is 0 Å². The number of nitrogens with zero attached hydrogens (tertiary/aromatic N) is 4. The standard InChI is InChI=1S/C21H28ClN9O3.ClH/c1-3-30-14-9-12(34-2)5-6-13(14)31(11-15(32)26-8-4-7-23)16(30)10-27-21(33)17-19(24)29-20(25)18(22)28-17;/h5-6,9H,3-4,7-8,10-11,23H2,1-2H3,(H5-,24,25,26,27,29,32,33);1H/p+1. The molecule has 0 aliphatic rings. The number of rotatable bonds is 10. The maximum atomic E-state index is 12.8. The average Bonchev–Trinajstić information content (AvgIpc) is 3.11. The molecule has 0 unspecified atom stereocenters. The summed E-state index contributed by atoms with van der Waals surface area (Å²) in [5.41, 5.74) is 18.4. The summed E-state index contributed by atoms with van der Waals surface area (Å²) in [5, 5.41) is 5.54. The van der Waals surface area contributed by atoms with Crippen LogP contribution in [0, 0.1) is 0 Å². The molecule has 0 saturated carbocycles. The van der Waals surface area contributed by atoms with Crippen molar-refractivity contribution in [3.8, 4) is 5.75 Å². The van der Waals surface area contributed by atoms with Crippen molar-refractivity contribution in [3.63, 3.8) is 0 Å². The maximum Gasteiger partial charge on any atom is 0.277 e. The zero-order chi connectivity index (χ0) is 24.8. The molecular formula is C21H30Cl2N9O3+. The highest BCUT2D eigenvalue weighted by Crippen LogP contribution is 2.22. The molecule has 3 aromatic rings. The van der Waals surface area contributed by atoms with E-state index in [4.69, 9.17) is 33.5 Å². The van der Waals surface area contributed by atoms with E-state index in [2.05, 4.69) is 20.6 Å². The molecule has 0 radical (unpaired) electrons. The van der Waals surface area contributed by atoms with Gasteiger partial charge in [0.2, 0.25) is 0 Å². The molecule has 14 heteroatoms. The van der Waals surface area contributed by atoms with Gasteiger partial charge in [-0.2, -0.15) is 0 Å². The van der Waals surface area contributed by atoms with Gasteiger partial charge < -0.3 is 32.6 Å². The van der Waals surface area contributed by atoms with Gasteiger partial charge in [0.25, 0.3) is 17.6 Å². The van der Waals surface area contributed by atoms with Crippen LogP contribution in [-0.4, -0.2) is 46.5 Å². The van der Waals surface area contributed by atoms with Gasteiger partial charge in [-0.1, -0.05) is 11.6 Å². The van der Waals surface area contributed by atoms with E-state index < -0.39 is 5.91 Å². The van der Waals surface area contributed by atoms with Crippen LogP contribution in [0.1, 0.15) is 29.7 Å². The Hall–Kier alpha value is -3.35. The van der Waals surface area contributed by atoms with E-state index in [9.17, 15) is 9.59 Å². The fourth-order valence-electron chi connectivity index (χ4n) is 3.60. The van der Waals surface area contributed by atoms with E-state index in [0.29, 0.717) is 37.6 Å². The topological polar surface area (TPSA) is 180 Å². The molecular weight excluding hydrogens is 497 g/mol. The minimum atomic E-state index is -0.573. The predicted molar refractivity (Wildman–Crippen MR) is 135 cm³/mol. The number of aryl methyl sites for hydroxylation is 1. The highest BCUT2D eigenvalue weighted by Gasteiger charge is 2.27. The fraction of sp³-hybridized carbons (Fsp3) is 0.381. The Morgan fingerprint density at radius 1 is 1.20 bits per heavy atom. The molecule has 2 aromatic heterocycles. The number of carbonyl (C=O) groups is 2. The Morgan fingerprint density at radius 3 is 2.60 bits per heavy atom. The van der Waals surface area contributed by atoms with Gasteiger partial charge in [0.05, 0.1) is 13.7 Å². The smallest absolute Gasteiger partial charge is 0.277 e. The van der Waals surface area contributed by atoms with Gasteiger partial charge in [-0.15, -0.1) is 12.4 Å². The number of aromatic nitrogens is 4. The number of hydrogen-bond donors (Lipinski definition) is 5. The average molecular weight is 527 g/mol. The van der Waals surface area contributed by atoms with E-state index in [1.165, 1.54) is 0 Å². The Balaban J connectivity index is 0.00000432. The van der Waals surface area contributed by atoms with Crippen LogP contribution in [0.2, 0.25) is 5.15 Å². The van der Waals surface area contributed by atoms with Crippen LogP contribution in [0.4, 0.5) is 11.6 Å². The zero-order valence-corrected chi connectivity index (χ0v) is 21.1. The molecule has 0 aliphatic heterocycles. The van der Waals surface area contributed by atoms with Crippen molar-refractivity contribution in [3.05, 3.63) is 34.9 Å². The van der Waals surface area contributed by atoms with Crippen LogP contribution in [0.5, 0.6) is 5.75 Å². The van der Waals surface area contributed by atoms with Crippen molar-refractivity contribution in [1.29, 1.82) is 0 Å². The molecule has 0 fully saturated rings. The van der Waals surface area contributed by atoms with Crippen molar-refractivity contribution >= 4 is 58.5 Å². The molecule has 8 N–H and O–H groups in total. The second-order valence-corrected chi connectivity index (χ2v) is 7.77. The van der Waals surface area contributed by atoms with Crippen LogP contribution in [0.3, 0.4) is 0 Å². The lowest BCUT2D eigenvalue weighted by Crippen LogP contribution is -2.47. The number of nitrogens with one attached hydrogen (secondary N) is 2. The molecule has 0 atom stereocenters. The molecule has 190 valence electrons. The van der Waals surface area contributed by atoms with Crippen molar-refractivity contribution in [2.75, 3.05) is 31.7 Å². The zero-order valence-electron chi connectivity index (χ0n) is 19.5. The van der Waals surface area contributed by atoms with Crippen molar-refractivity contribution in [1.82, 2.24) is 25.2 Å². The minimum Gasteiger partial charge on any atom is -0.497 e. The van der Waals surface area contributed by atoms with E-state index in [1.54, 1.807) is 7.11 Å². The number of imidazole rings is 1. The third-order valence-electron chi connectivity index (χ3n) is 5.24. The molecule has 12 nitrogen and oxygen atoms in total. The Bertz CT molecular complexity index is 1220. The minimum absolute atomic E-state index is 0. The Labute approximate surface area is 213 Å². The first-order valence-electron chi connectivity index (χ1n) is 10.7. The maximum absolute atomic E-state index is 12.8. The van der Waals surface area contributed by atoms with Gasteiger partial charge in [0.15, 0.2) is 40.1 Å². The molecule has 0 saturated heterocycles.